The number of hydrogen-bond acceptors (Lipinski definition) is 7. The summed E-state index contributed by atoms with van der Waals surface area (Å²) >= 11 is 0. The average molecular weight is 529 g/mol. The summed E-state index contributed by atoms with van der Waals surface area (Å²) in [6.45, 7) is 19.1. The summed E-state index contributed by atoms with van der Waals surface area (Å²) in [6, 6.07) is 0. The Morgan fingerprint density at radius 2 is 1.59 bits per heavy atom. The van der Waals surface area contributed by atoms with E-state index in [1.165, 1.54) is 24.3 Å². The van der Waals surface area contributed by atoms with Gasteiger partial charge in [0.05, 0.1) is 12.0 Å². The quantitative estimate of drug-likeness (QED) is 0.121. The van der Waals surface area contributed by atoms with Crippen LogP contribution in [0.1, 0.15) is 120 Å². The van der Waals surface area contributed by atoms with Crippen molar-refractivity contribution in [1.29, 1.82) is 0 Å². The number of hydroxylamine groups is 2. The zero-order valence-electron chi connectivity index (χ0n) is 25.5. The van der Waals surface area contributed by atoms with E-state index in [-0.39, 0.29) is 30.5 Å². The molecule has 0 rings (SSSR count). The van der Waals surface area contributed by atoms with Gasteiger partial charge in [-0.1, -0.05) is 60.3 Å². The zero-order valence-corrected chi connectivity index (χ0v) is 25.5. The van der Waals surface area contributed by atoms with Crippen LogP contribution in [0, 0.1) is 16.7 Å². The minimum atomic E-state index is -0.609. The maximum Gasteiger partial charge on any atom is 0.426 e. The van der Waals surface area contributed by atoms with E-state index in [1.807, 2.05) is 27.7 Å². The van der Waals surface area contributed by atoms with E-state index >= 15 is 0 Å². The van der Waals surface area contributed by atoms with Crippen LogP contribution in [0.2, 0.25) is 0 Å². The first-order chi connectivity index (χ1) is 17.0. The first kappa shape index (κ1) is 35.2. The number of nitrogens with zero attached hydrogens (tertiary/aromatic N) is 1. The number of carbonyl (C=O) groups is 3. The van der Waals surface area contributed by atoms with Gasteiger partial charge in [-0.15, -0.1) is 5.06 Å². The van der Waals surface area contributed by atoms with E-state index in [4.69, 9.17) is 14.3 Å². The number of carbonyl (C=O) groups excluding carboxylic acids is 3. The molecule has 0 aliphatic heterocycles. The fourth-order valence-electron chi connectivity index (χ4n) is 4.75. The van der Waals surface area contributed by atoms with Crippen LogP contribution in [-0.4, -0.2) is 55.4 Å². The van der Waals surface area contributed by atoms with Crippen molar-refractivity contribution < 1.29 is 28.7 Å². The maximum atomic E-state index is 12.3. The Morgan fingerprint density at radius 1 is 0.946 bits per heavy atom. The highest BCUT2D eigenvalue weighted by atomic mass is 16.7. The average Bonchev–Trinajstić information content (AvgIpc) is 2.74. The molecule has 8 heteroatoms. The number of hydrogen-bond donors (Lipinski definition) is 1. The second-order valence-corrected chi connectivity index (χ2v) is 12.7. The first-order valence-electron chi connectivity index (χ1n) is 14.1. The Bertz CT molecular complexity index is 684. The molecule has 1 N–H and O–H groups in total. The Balaban J connectivity index is 4.11. The normalized spacial score (nSPS) is 13.3. The molecule has 0 aromatic carbocycles. The topological polar surface area (TPSA) is 94.2 Å². The molecule has 0 radical (unpaired) electrons. The Kier molecular flexibility index (Phi) is 16.1. The number of nitrogens with one attached hydrogen (secondary N) is 1. The van der Waals surface area contributed by atoms with Crippen LogP contribution >= 0.6 is 0 Å². The first-order valence-corrected chi connectivity index (χ1v) is 14.1. The summed E-state index contributed by atoms with van der Waals surface area (Å²) in [5.74, 6) is 0.113. The lowest BCUT2D eigenvalue weighted by Gasteiger charge is -2.30. The van der Waals surface area contributed by atoms with Crippen LogP contribution in [0.5, 0.6) is 0 Å². The van der Waals surface area contributed by atoms with Gasteiger partial charge in [0.1, 0.15) is 12.2 Å². The fourth-order valence-corrected chi connectivity index (χ4v) is 4.75. The van der Waals surface area contributed by atoms with Gasteiger partial charge < -0.3 is 19.6 Å². The largest absolute Gasteiger partial charge is 0.463 e. The Hall–Kier alpha value is -1.83. The maximum absolute atomic E-state index is 12.3. The van der Waals surface area contributed by atoms with E-state index in [0.29, 0.717) is 38.1 Å². The summed E-state index contributed by atoms with van der Waals surface area (Å²) in [5, 5.41) is 4.01. The summed E-state index contributed by atoms with van der Waals surface area (Å²) in [6.07, 6.45) is 7.32. The molecule has 0 heterocycles. The molecule has 0 saturated carbocycles. The molecule has 0 saturated heterocycles. The van der Waals surface area contributed by atoms with Crippen molar-refractivity contribution in [1.82, 2.24) is 10.4 Å². The van der Waals surface area contributed by atoms with Crippen LogP contribution < -0.4 is 5.32 Å². The molecule has 1 atom stereocenters. The fraction of sp³-hybridized carbons (Fsp3) is 0.897. The minimum absolute atomic E-state index is 0.0121. The van der Waals surface area contributed by atoms with Crippen molar-refractivity contribution in [2.75, 3.05) is 26.7 Å². The van der Waals surface area contributed by atoms with Gasteiger partial charge in [0.2, 0.25) is 0 Å². The number of unbranched alkanes of at least 4 members (excludes halogenated alkanes) is 2. The molecule has 0 aromatic rings. The molecule has 0 bridgehead atoms. The third-order valence-corrected chi connectivity index (χ3v) is 6.19. The highest BCUT2D eigenvalue weighted by Crippen LogP contribution is 2.34. The summed E-state index contributed by atoms with van der Waals surface area (Å²) < 4.78 is 11.1. The van der Waals surface area contributed by atoms with Crippen molar-refractivity contribution in [3.05, 3.63) is 0 Å². The Labute approximate surface area is 226 Å². The van der Waals surface area contributed by atoms with Crippen LogP contribution in [0.4, 0.5) is 4.79 Å². The molecule has 0 aromatic heterocycles. The van der Waals surface area contributed by atoms with E-state index < -0.39 is 17.1 Å². The Morgan fingerprint density at radius 3 is 2.16 bits per heavy atom. The van der Waals surface area contributed by atoms with Gasteiger partial charge in [-0.2, -0.15) is 0 Å². The molecule has 0 aliphatic rings. The second-order valence-electron chi connectivity index (χ2n) is 12.7. The molecule has 37 heavy (non-hydrogen) atoms. The third kappa shape index (κ3) is 18.1. The van der Waals surface area contributed by atoms with Crippen LogP contribution in [0.25, 0.3) is 0 Å². The highest BCUT2D eigenvalue weighted by molar-refractivity contribution is 5.76. The van der Waals surface area contributed by atoms with Crippen molar-refractivity contribution in [2.45, 2.75) is 126 Å². The van der Waals surface area contributed by atoms with Crippen molar-refractivity contribution in [2.24, 2.45) is 16.7 Å². The van der Waals surface area contributed by atoms with Crippen molar-refractivity contribution >= 4 is 18.0 Å². The summed E-state index contributed by atoms with van der Waals surface area (Å²) in [4.78, 5) is 41.8. The van der Waals surface area contributed by atoms with E-state index in [1.54, 1.807) is 7.05 Å². The SMILES string of the molecule is CCCCC(CC)CC(C)(C)OC(=O)CCCCN(C)OC(=O)NCCOC(=O)C(C)(C)CC(C)(C)C. The number of rotatable bonds is 18. The summed E-state index contributed by atoms with van der Waals surface area (Å²) in [7, 11) is 1.66. The molecule has 0 aliphatic carbocycles. The molecule has 1 unspecified atom stereocenters. The number of amides is 1. The smallest absolute Gasteiger partial charge is 0.426 e. The minimum Gasteiger partial charge on any atom is -0.463 e. The second kappa shape index (κ2) is 16.9. The van der Waals surface area contributed by atoms with E-state index in [9.17, 15) is 14.4 Å². The number of ether oxygens (including phenoxy) is 2. The third-order valence-electron chi connectivity index (χ3n) is 6.19. The highest BCUT2D eigenvalue weighted by Gasteiger charge is 2.34. The van der Waals surface area contributed by atoms with Crippen LogP contribution in [-0.2, 0) is 23.9 Å². The lowest BCUT2D eigenvalue weighted by atomic mass is 9.76. The number of esters is 2. The molecule has 8 nitrogen and oxygen atoms in total. The van der Waals surface area contributed by atoms with Gasteiger partial charge in [-0.25, -0.2) is 4.79 Å². The van der Waals surface area contributed by atoms with Gasteiger partial charge in [-0.3, -0.25) is 9.59 Å². The molecular weight excluding hydrogens is 472 g/mol. The molecule has 1 amide bonds. The lowest BCUT2D eigenvalue weighted by Crippen LogP contribution is -2.36. The van der Waals surface area contributed by atoms with Gasteiger partial charge in [0.15, 0.2) is 0 Å². The molecule has 0 spiro atoms. The summed E-state index contributed by atoms with van der Waals surface area (Å²) in [5.41, 5.74) is -1.04. The van der Waals surface area contributed by atoms with Gasteiger partial charge in [0, 0.05) is 20.0 Å². The molecule has 218 valence electrons. The molecule has 0 fully saturated rings. The van der Waals surface area contributed by atoms with Gasteiger partial charge in [0.25, 0.3) is 0 Å². The predicted octanol–water partition coefficient (Wildman–Crippen LogP) is 6.66. The van der Waals surface area contributed by atoms with Gasteiger partial charge in [-0.05, 0) is 64.7 Å². The zero-order chi connectivity index (χ0) is 28.7. The van der Waals surface area contributed by atoms with Crippen molar-refractivity contribution in [3.63, 3.8) is 0 Å². The van der Waals surface area contributed by atoms with E-state index in [0.717, 1.165) is 12.8 Å². The van der Waals surface area contributed by atoms with Gasteiger partial charge >= 0.3 is 18.0 Å². The monoisotopic (exact) mass is 528 g/mol. The predicted molar refractivity (Wildman–Crippen MR) is 148 cm³/mol. The van der Waals surface area contributed by atoms with Crippen LogP contribution in [0.15, 0.2) is 0 Å². The molecular formula is C29H56N2O6. The van der Waals surface area contributed by atoms with Crippen LogP contribution in [0.3, 0.4) is 0 Å². The van der Waals surface area contributed by atoms with Crippen molar-refractivity contribution in [3.8, 4) is 0 Å². The van der Waals surface area contributed by atoms with E-state index in [2.05, 4.69) is 39.9 Å². The standard InChI is InChI=1S/C29H56N2O6/c1-11-13-16-23(12-2)21-29(8,9)36-24(32)17-14-15-19-31(10)37-26(34)30-18-20-35-25(33)28(6,7)22-27(3,4)5/h23H,11-22H2,1-10H3,(H,30,34). The lowest BCUT2D eigenvalue weighted by molar-refractivity contribution is -0.158.